The van der Waals surface area contributed by atoms with Crippen molar-refractivity contribution in [2.75, 3.05) is 4.90 Å². The summed E-state index contributed by atoms with van der Waals surface area (Å²) in [7, 11) is 0. The smallest absolute Gasteiger partial charge is 0.123 e. The van der Waals surface area contributed by atoms with Crippen LogP contribution in [-0.2, 0) is 30.2 Å². The van der Waals surface area contributed by atoms with Crippen LogP contribution in [0.1, 0.15) is 80.5 Å². The highest BCUT2D eigenvalue weighted by molar-refractivity contribution is 5.88. The molecule has 0 amide bonds. The molecule has 5 aromatic rings. The first-order valence-electron chi connectivity index (χ1n) is 15.6. The highest BCUT2D eigenvalue weighted by Gasteiger charge is 2.30. The third-order valence-corrected chi connectivity index (χ3v) is 9.36. The van der Waals surface area contributed by atoms with Crippen LogP contribution in [0.25, 0.3) is 22.3 Å². The van der Waals surface area contributed by atoms with E-state index in [0.29, 0.717) is 12.3 Å². The second-order valence-corrected chi connectivity index (χ2v) is 14.4. The van der Waals surface area contributed by atoms with Crippen molar-refractivity contribution in [3.8, 4) is 28.0 Å². The van der Waals surface area contributed by atoms with Crippen LogP contribution in [0.4, 0.5) is 11.4 Å². The molecule has 2 aliphatic rings. The quantitative estimate of drug-likeness (QED) is 0.230. The normalized spacial score (nSPS) is 13.3. The molecule has 0 radical (unpaired) electrons. The molecule has 0 unspecified atom stereocenters. The Bertz CT molecular complexity index is 1750. The molecule has 0 saturated carbocycles. The molecule has 0 spiro atoms. The second-order valence-electron chi connectivity index (χ2n) is 14.4. The maximum absolute atomic E-state index is 11.5. The lowest BCUT2D eigenvalue weighted by atomic mass is 9.78. The molecule has 0 fully saturated rings. The van der Waals surface area contributed by atoms with Crippen molar-refractivity contribution in [2.24, 2.45) is 0 Å². The standard InChI is InChI=1S/C41H41NO/c1-40(2,3)35-21-26(22-36(39(35)43)41(4,5)6)25-42(37-19-11-17-31-29-15-9-7-13-27(29)23-33(31)37)38-20-12-18-32-30-16-10-8-14-28(30)24-34(32)38/h7-22,43H,23-25H2,1-6H3. The van der Waals surface area contributed by atoms with Crippen LogP contribution in [0, 0.1) is 0 Å². The Morgan fingerprint density at radius 1 is 0.558 bits per heavy atom. The molecule has 0 atom stereocenters. The van der Waals surface area contributed by atoms with Crippen LogP contribution in [0.3, 0.4) is 0 Å². The van der Waals surface area contributed by atoms with Crippen LogP contribution in [0.15, 0.2) is 97.1 Å². The summed E-state index contributed by atoms with van der Waals surface area (Å²) >= 11 is 0. The molecule has 2 aliphatic carbocycles. The number of fused-ring (bicyclic) bond motifs is 6. The molecule has 0 saturated heterocycles. The van der Waals surface area contributed by atoms with Gasteiger partial charge < -0.3 is 10.0 Å². The van der Waals surface area contributed by atoms with Crippen LogP contribution >= 0.6 is 0 Å². The number of phenols is 1. The summed E-state index contributed by atoms with van der Waals surface area (Å²) in [5, 5.41) is 11.5. The van der Waals surface area contributed by atoms with Gasteiger partial charge in [-0.2, -0.15) is 0 Å². The number of anilines is 2. The fraction of sp³-hybridized carbons (Fsp3) is 0.268. The molecule has 43 heavy (non-hydrogen) atoms. The Morgan fingerprint density at radius 3 is 1.42 bits per heavy atom. The van der Waals surface area contributed by atoms with Gasteiger partial charge in [-0.25, -0.2) is 0 Å². The van der Waals surface area contributed by atoms with Crippen molar-refractivity contribution in [1.82, 2.24) is 0 Å². The van der Waals surface area contributed by atoms with E-state index in [1.165, 1.54) is 61.4 Å². The predicted octanol–water partition coefficient (Wildman–Crippen LogP) is 10.5. The Balaban J connectivity index is 1.44. The number of aromatic hydroxyl groups is 1. The van der Waals surface area contributed by atoms with E-state index in [-0.39, 0.29) is 10.8 Å². The van der Waals surface area contributed by atoms with Gasteiger partial charge in [0.05, 0.1) is 0 Å². The molecule has 0 heterocycles. The average Bonchev–Trinajstić information content (AvgIpc) is 3.54. The molecule has 7 rings (SSSR count). The van der Waals surface area contributed by atoms with Gasteiger partial charge in [-0.05, 0) is 96.3 Å². The molecule has 0 bridgehead atoms. The third kappa shape index (κ3) is 4.65. The summed E-state index contributed by atoms with van der Waals surface area (Å²) in [6.45, 7) is 13.9. The minimum absolute atomic E-state index is 0.184. The van der Waals surface area contributed by atoms with Crippen molar-refractivity contribution in [3.05, 3.63) is 136 Å². The number of benzene rings is 5. The van der Waals surface area contributed by atoms with E-state index in [9.17, 15) is 5.11 Å². The third-order valence-electron chi connectivity index (χ3n) is 9.36. The average molecular weight is 564 g/mol. The van der Waals surface area contributed by atoms with E-state index in [2.05, 4.69) is 144 Å². The number of hydrogen-bond acceptors (Lipinski definition) is 2. The summed E-state index contributed by atoms with van der Waals surface area (Å²) in [5.41, 5.74) is 16.3. The Kier molecular flexibility index (Phi) is 6.32. The van der Waals surface area contributed by atoms with E-state index in [4.69, 9.17) is 0 Å². The largest absolute Gasteiger partial charge is 0.507 e. The monoisotopic (exact) mass is 563 g/mol. The maximum atomic E-state index is 11.5. The second kappa shape index (κ2) is 9.88. The molecule has 0 aromatic heterocycles. The summed E-state index contributed by atoms with van der Waals surface area (Å²) in [6.07, 6.45) is 1.87. The number of rotatable bonds is 4. The zero-order valence-electron chi connectivity index (χ0n) is 26.3. The summed E-state index contributed by atoms with van der Waals surface area (Å²) < 4.78 is 0. The van der Waals surface area contributed by atoms with Gasteiger partial charge in [0, 0.05) is 30.8 Å². The van der Waals surface area contributed by atoms with Crippen LogP contribution < -0.4 is 4.90 Å². The zero-order chi connectivity index (χ0) is 30.1. The minimum atomic E-state index is -0.184. The first-order valence-corrected chi connectivity index (χ1v) is 15.6. The van der Waals surface area contributed by atoms with Crippen LogP contribution in [0.2, 0.25) is 0 Å². The molecule has 2 heteroatoms. The van der Waals surface area contributed by atoms with Gasteiger partial charge in [0.1, 0.15) is 5.75 Å². The van der Waals surface area contributed by atoms with Crippen molar-refractivity contribution in [2.45, 2.75) is 71.8 Å². The summed E-state index contributed by atoms with van der Waals surface area (Å²) in [5.74, 6) is 0.433. The van der Waals surface area contributed by atoms with Gasteiger partial charge in [-0.15, -0.1) is 0 Å². The van der Waals surface area contributed by atoms with E-state index < -0.39 is 0 Å². The van der Waals surface area contributed by atoms with E-state index in [0.717, 1.165) is 24.0 Å². The summed E-state index contributed by atoms with van der Waals surface area (Å²) in [4.78, 5) is 2.56. The van der Waals surface area contributed by atoms with Gasteiger partial charge in [0.15, 0.2) is 0 Å². The number of phenolic OH excluding ortho intramolecular Hbond substituents is 1. The fourth-order valence-corrected chi connectivity index (χ4v) is 7.20. The first kappa shape index (κ1) is 27.5. The van der Waals surface area contributed by atoms with Gasteiger partial charge >= 0.3 is 0 Å². The van der Waals surface area contributed by atoms with Gasteiger partial charge in [-0.3, -0.25) is 0 Å². The van der Waals surface area contributed by atoms with Crippen molar-refractivity contribution < 1.29 is 5.11 Å². The molecule has 5 aromatic carbocycles. The highest BCUT2D eigenvalue weighted by atomic mass is 16.3. The molecule has 216 valence electrons. The number of nitrogens with zero attached hydrogens (tertiary/aromatic N) is 1. The van der Waals surface area contributed by atoms with Gasteiger partial charge in [0.2, 0.25) is 0 Å². The van der Waals surface area contributed by atoms with Gasteiger partial charge in [0.25, 0.3) is 0 Å². The Labute approximate surface area is 256 Å². The van der Waals surface area contributed by atoms with Crippen molar-refractivity contribution in [1.29, 1.82) is 0 Å². The topological polar surface area (TPSA) is 23.5 Å². The molecule has 2 nitrogen and oxygen atoms in total. The van der Waals surface area contributed by atoms with Crippen LogP contribution in [-0.4, -0.2) is 5.11 Å². The Morgan fingerprint density at radius 2 is 0.977 bits per heavy atom. The van der Waals surface area contributed by atoms with Crippen molar-refractivity contribution >= 4 is 11.4 Å². The lowest BCUT2D eigenvalue weighted by Gasteiger charge is -2.32. The zero-order valence-corrected chi connectivity index (χ0v) is 26.3. The van der Waals surface area contributed by atoms with E-state index >= 15 is 0 Å². The predicted molar refractivity (Wildman–Crippen MR) is 181 cm³/mol. The Hall–Kier alpha value is -4.30. The van der Waals surface area contributed by atoms with Gasteiger partial charge in [-0.1, -0.05) is 114 Å². The number of hydrogen-bond donors (Lipinski definition) is 1. The highest BCUT2D eigenvalue weighted by Crippen LogP contribution is 2.48. The van der Waals surface area contributed by atoms with Crippen LogP contribution in [0.5, 0.6) is 5.75 Å². The minimum Gasteiger partial charge on any atom is -0.507 e. The molecule has 1 N–H and O–H groups in total. The molecular weight excluding hydrogens is 522 g/mol. The fourth-order valence-electron chi connectivity index (χ4n) is 7.20. The lowest BCUT2D eigenvalue weighted by Crippen LogP contribution is -2.22. The molecule has 0 aliphatic heterocycles. The SMILES string of the molecule is CC(C)(C)c1cc(CN(c2cccc3c2Cc2ccccc2-3)c2cccc3c2Cc2ccccc2-3)cc(C(C)(C)C)c1O. The lowest BCUT2D eigenvalue weighted by molar-refractivity contribution is 0.422. The van der Waals surface area contributed by atoms with Crippen molar-refractivity contribution in [3.63, 3.8) is 0 Å². The van der Waals surface area contributed by atoms with E-state index in [1.807, 2.05) is 0 Å². The summed E-state index contributed by atoms with van der Waals surface area (Å²) in [6, 6.07) is 35.8. The first-order chi connectivity index (χ1) is 20.5. The molecular formula is C41H41NO. The maximum Gasteiger partial charge on any atom is 0.123 e. The van der Waals surface area contributed by atoms with E-state index in [1.54, 1.807) is 0 Å².